The Kier molecular flexibility index (Phi) is 6.37. The predicted octanol–water partition coefficient (Wildman–Crippen LogP) is 0.935. The van der Waals surface area contributed by atoms with Gasteiger partial charge in [-0.2, -0.15) is 0 Å². The van der Waals surface area contributed by atoms with Gasteiger partial charge in [-0.25, -0.2) is 0 Å². The van der Waals surface area contributed by atoms with Crippen LogP contribution < -0.4 is 10.6 Å². The molecule has 0 aromatic carbocycles. The first-order chi connectivity index (χ1) is 7.00. The van der Waals surface area contributed by atoms with Crippen LogP contribution in [-0.2, 0) is 9.47 Å². The highest BCUT2D eigenvalue weighted by Crippen LogP contribution is 1.86. The van der Waals surface area contributed by atoms with Crippen LogP contribution in [0.4, 0.5) is 0 Å². The van der Waals surface area contributed by atoms with Crippen LogP contribution in [0.25, 0.3) is 0 Å². The number of rotatable bonds is 0. The quantitative estimate of drug-likeness (QED) is 0.608. The van der Waals surface area contributed by atoms with Crippen molar-refractivity contribution in [2.45, 2.75) is 12.8 Å². The average molecular weight is 198 g/mol. The molecule has 0 radical (unpaired) electrons. The van der Waals surface area contributed by atoms with Gasteiger partial charge in [-0.15, -0.1) is 0 Å². The first-order valence-corrected chi connectivity index (χ1v) is 5.00. The minimum Gasteiger partial charge on any atom is -0.500 e. The molecule has 2 heterocycles. The summed E-state index contributed by atoms with van der Waals surface area (Å²) in [4.78, 5) is 0. The maximum absolute atomic E-state index is 4.95. The van der Waals surface area contributed by atoms with Crippen molar-refractivity contribution in [3.63, 3.8) is 0 Å². The van der Waals surface area contributed by atoms with Gasteiger partial charge in [-0.05, 0) is 12.8 Å². The van der Waals surface area contributed by atoms with Crippen molar-refractivity contribution in [2.24, 2.45) is 0 Å². The number of ether oxygens (including phenoxy) is 2. The summed E-state index contributed by atoms with van der Waals surface area (Å²) in [7, 11) is 0. The Balaban J connectivity index is 0.000000140. The van der Waals surface area contributed by atoms with Crippen molar-refractivity contribution in [2.75, 3.05) is 26.3 Å². The lowest BCUT2D eigenvalue weighted by atomic mass is 10.5. The smallest absolute Gasteiger partial charge is 0.0985 e. The molecule has 4 heteroatoms. The van der Waals surface area contributed by atoms with E-state index in [-0.39, 0.29) is 0 Å². The number of nitrogens with one attached hydrogen (secondary N) is 2. The van der Waals surface area contributed by atoms with Crippen LogP contribution >= 0.6 is 0 Å². The predicted molar refractivity (Wildman–Crippen MR) is 55.4 cm³/mol. The van der Waals surface area contributed by atoms with E-state index in [0.717, 1.165) is 39.1 Å². The summed E-state index contributed by atoms with van der Waals surface area (Å²) < 4.78 is 9.90. The molecular weight excluding hydrogens is 180 g/mol. The van der Waals surface area contributed by atoms with Crippen LogP contribution in [0.2, 0.25) is 0 Å². The molecule has 0 aromatic heterocycles. The zero-order valence-corrected chi connectivity index (χ0v) is 8.37. The molecule has 4 nitrogen and oxygen atoms in total. The van der Waals surface area contributed by atoms with E-state index in [1.54, 1.807) is 12.5 Å². The van der Waals surface area contributed by atoms with E-state index in [1.165, 1.54) is 0 Å². The summed E-state index contributed by atoms with van der Waals surface area (Å²) in [5, 5.41) is 6.08. The molecule has 0 spiro atoms. The molecule has 2 rings (SSSR count). The Morgan fingerprint density at radius 2 is 1.29 bits per heavy atom. The van der Waals surface area contributed by atoms with Crippen molar-refractivity contribution in [3.05, 3.63) is 24.9 Å². The minimum absolute atomic E-state index is 0.851. The summed E-state index contributed by atoms with van der Waals surface area (Å²) in [6.45, 7) is 3.78. The Labute approximate surface area is 85.0 Å². The van der Waals surface area contributed by atoms with Gasteiger partial charge in [-0.3, -0.25) is 0 Å². The molecular formula is C10H18N2O2. The van der Waals surface area contributed by atoms with E-state index in [9.17, 15) is 0 Å². The van der Waals surface area contributed by atoms with Gasteiger partial charge >= 0.3 is 0 Å². The van der Waals surface area contributed by atoms with E-state index >= 15 is 0 Å². The highest BCUT2D eigenvalue weighted by atomic mass is 16.5. The molecule has 0 saturated carbocycles. The second kappa shape index (κ2) is 8.29. The third-order valence-electron chi connectivity index (χ3n) is 1.73. The first-order valence-electron chi connectivity index (χ1n) is 5.00. The van der Waals surface area contributed by atoms with E-state index in [0.29, 0.717) is 0 Å². The second-order valence-corrected chi connectivity index (χ2v) is 2.96. The highest BCUT2D eigenvalue weighted by Gasteiger charge is 1.87. The highest BCUT2D eigenvalue weighted by molar-refractivity contribution is 4.73. The van der Waals surface area contributed by atoms with Crippen LogP contribution in [-0.4, -0.2) is 26.3 Å². The molecule has 14 heavy (non-hydrogen) atoms. The van der Waals surface area contributed by atoms with E-state index in [2.05, 4.69) is 10.6 Å². The standard InChI is InChI=1S/2C5H9NO/c2*1-2-6-3-5-7-4-1/h2*3,5-6H,1-2,4H2. The third kappa shape index (κ3) is 6.22. The summed E-state index contributed by atoms with van der Waals surface area (Å²) in [5.74, 6) is 0. The Morgan fingerprint density at radius 3 is 1.79 bits per heavy atom. The van der Waals surface area contributed by atoms with Gasteiger partial charge in [0.1, 0.15) is 0 Å². The third-order valence-corrected chi connectivity index (χ3v) is 1.73. The summed E-state index contributed by atoms with van der Waals surface area (Å²) in [5.41, 5.74) is 0. The Morgan fingerprint density at radius 1 is 0.786 bits per heavy atom. The molecule has 2 aliphatic heterocycles. The molecule has 0 unspecified atom stereocenters. The molecule has 0 bridgehead atoms. The van der Waals surface area contributed by atoms with E-state index in [1.807, 2.05) is 12.4 Å². The Bertz CT molecular complexity index is 145. The lowest BCUT2D eigenvalue weighted by molar-refractivity contribution is 0.252. The van der Waals surface area contributed by atoms with Gasteiger partial charge < -0.3 is 20.1 Å². The molecule has 0 atom stereocenters. The van der Waals surface area contributed by atoms with Crippen molar-refractivity contribution in [3.8, 4) is 0 Å². The van der Waals surface area contributed by atoms with Crippen LogP contribution in [0.5, 0.6) is 0 Å². The second-order valence-electron chi connectivity index (χ2n) is 2.96. The molecule has 80 valence electrons. The molecule has 2 N–H and O–H groups in total. The van der Waals surface area contributed by atoms with Gasteiger partial charge in [0.15, 0.2) is 0 Å². The normalized spacial score (nSPS) is 19.4. The van der Waals surface area contributed by atoms with Crippen molar-refractivity contribution >= 4 is 0 Å². The zero-order chi connectivity index (χ0) is 9.90. The van der Waals surface area contributed by atoms with E-state index < -0.39 is 0 Å². The molecule has 0 saturated heterocycles. The van der Waals surface area contributed by atoms with Crippen LogP contribution in [0.1, 0.15) is 12.8 Å². The summed E-state index contributed by atoms with van der Waals surface area (Å²) in [6.07, 6.45) is 9.24. The van der Waals surface area contributed by atoms with Crippen LogP contribution in [0.15, 0.2) is 24.9 Å². The summed E-state index contributed by atoms with van der Waals surface area (Å²) >= 11 is 0. The van der Waals surface area contributed by atoms with Gasteiger partial charge in [0.2, 0.25) is 0 Å². The molecule has 2 aliphatic rings. The SMILES string of the molecule is C1=COCCCN1.C1=COCCCN1. The maximum Gasteiger partial charge on any atom is 0.0985 e. The van der Waals surface area contributed by atoms with Crippen molar-refractivity contribution in [1.29, 1.82) is 0 Å². The lowest BCUT2D eigenvalue weighted by Gasteiger charge is -1.91. The first kappa shape index (κ1) is 10.8. The molecule has 0 fully saturated rings. The zero-order valence-electron chi connectivity index (χ0n) is 8.37. The van der Waals surface area contributed by atoms with Crippen LogP contribution in [0, 0.1) is 0 Å². The number of hydrogen-bond donors (Lipinski definition) is 2. The monoisotopic (exact) mass is 198 g/mol. The molecule has 0 aliphatic carbocycles. The van der Waals surface area contributed by atoms with Crippen LogP contribution in [0.3, 0.4) is 0 Å². The fourth-order valence-corrected chi connectivity index (χ4v) is 1.01. The van der Waals surface area contributed by atoms with Gasteiger partial charge in [0.05, 0.1) is 25.7 Å². The molecule has 0 amide bonds. The molecule has 0 aromatic rings. The minimum atomic E-state index is 0.851. The van der Waals surface area contributed by atoms with Gasteiger partial charge in [-0.1, -0.05) is 0 Å². The van der Waals surface area contributed by atoms with E-state index in [4.69, 9.17) is 9.47 Å². The topological polar surface area (TPSA) is 42.5 Å². The lowest BCUT2D eigenvalue weighted by Crippen LogP contribution is -2.04. The van der Waals surface area contributed by atoms with Crippen molar-refractivity contribution in [1.82, 2.24) is 10.6 Å². The Hall–Kier alpha value is -1.32. The van der Waals surface area contributed by atoms with Gasteiger partial charge in [0.25, 0.3) is 0 Å². The van der Waals surface area contributed by atoms with Crippen molar-refractivity contribution < 1.29 is 9.47 Å². The fourth-order valence-electron chi connectivity index (χ4n) is 1.01. The number of hydrogen-bond acceptors (Lipinski definition) is 4. The maximum atomic E-state index is 4.95. The van der Waals surface area contributed by atoms with Gasteiger partial charge in [0, 0.05) is 25.5 Å². The fraction of sp³-hybridized carbons (Fsp3) is 0.600. The largest absolute Gasteiger partial charge is 0.500 e. The average Bonchev–Trinajstić information content (AvgIpc) is 2.68. The summed E-state index contributed by atoms with van der Waals surface area (Å²) in [6, 6.07) is 0.